The van der Waals surface area contributed by atoms with E-state index in [-0.39, 0.29) is 0 Å². The largest absolute Gasteiger partial charge is 0.309 e. The van der Waals surface area contributed by atoms with Crippen LogP contribution < -0.4 is 0 Å². The van der Waals surface area contributed by atoms with E-state index in [0.717, 1.165) is 31.4 Å². The minimum absolute atomic E-state index is 0.884. The average Bonchev–Trinajstić information content (AvgIpc) is 3.06. The lowest BCUT2D eigenvalue weighted by Gasteiger charge is -2.09. The molecule has 0 aliphatic heterocycles. The van der Waals surface area contributed by atoms with E-state index in [9.17, 15) is 0 Å². The highest BCUT2D eigenvalue weighted by Crippen LogP contribution is 2.33. The first-order chi connectivity index (χ1) is 14.2. The molecule has 0 bridgehead atoms. The highest BCUT2D eigenvalue weighted by Gasteiger charge is 2.13. The molecule has 0 aliphatic carbocycles. The zero-order chi connectivity index (χ0) is 20.2. The Balaban J connectivity index is 1.91. The van der Waals surface area contributed by atoms with Gasteiger partial charge in [0, 0.05) is 16.5 Å². The highest BCUT2D eigenvalue weighted by atomic mass is 32.1. The molecule has 4 rings (SSSR count). The number of fused-ring (bicyclic) bond motifs is 3. The van der Waals surface area contributed by atoms with Crippen LogP contribution in [0.1, 0.15) is 23.1 Å². The number of thiol groups is 1. The van der Waals surface area contributed by atoms with Gasteiger partial charge in [0.25, 0.3) is 0 Å². The van der Waals surface area contributed by atoms with Gasteiger partial charge in [-0.2, -0.15) is 12.6 Å². The van der Waals surface area contributed by atoms with Crippen LogP contribution in [0.3, 0.4) is 0 Å². The Hall–Kier alpha value is -2.71. The van der Waals surface area contributed by atoms with Gasteiger partial charge >= 0.3 is 0 Å². The Kier molecular flexibility index (Phi) is 5.92. The minimum Gasteiger partial charge on any atom is -0.309 e. The lowest BCUT2D eigenvalue weighted by atomic mass is 10.0. The maximum Gasteiger partial charge on any atom is 0.0541 e. The molecule has 4 aromatic rings. The molecular weight excluding hydrogens is 370 g/mol. The standard InChI is InChI=1S/C27H27NS/c1-3-6-21-11-15-26-24(18-21)25-19-22(7-4-2)12-16-27(25)28(26)23-13-9-20(10-14-23)8-5-17-29/h3-4,9-16,18-19,29H,1-2,5-8,17H2. The summed E-state index contributed by atoms with van der Waals surface area (Å²) in [7, 11) is 0. The molecule has 0 radical (unpaired) electrons. The highest BCUT2D eigenvalue weighted by molar-refractivity contribution is 7.80. The third-order valence-electron chi connectivity index (χ3n) is 5.47. The molecule has 3 aromatic carbocycles. The zero-order valence-corrected chi connectivity index (χ0v) is 17.7. The number of aryl methyl sites for hydroxylation is 1. The Morgan fingerprint density at radius 3 is 1.72 bits per heavy atom. The summed E-state index contributed by atoms with van der Waals surface area (Å²) in [6.45, 7) is 7.80. The molecule has 0 fully saturated rings. The topological polar surface area (TPSA) is 4.93 Å². The fraction of sp³-hybridized carbons (Fsp3) is 0.185. The fourth-order valence-electron chi connectivity index (χ4n) is 4.08. The van der Waals surface area contributed by atoms with E-state index in [1.807, 2.05) is 12.2 Å². The van der Waals surface area contributed by atoms with Crippen LogP contribution in [-0.2, 0) is 19.3 Å². The van der Waals surface area contributed by atoms with Crippen molar-refractivity contribution in [1.82, 2.24) is 4.57 Å². The van der Waals surface area contributed by atoms with Crippen molar-refractivity contribution in [3.8, 4) is 5.69 Å². The van der Waals surface area contributed by atoms with E-state index < -0.39 is 0 Å². The normalized spacial score (nSPS) is 11.2. The average molecular weight is 398 g/mol. The third kappa shape index (κ3) is 3.90. The second-order valence-electron chi connectivity index (χ2n) is 7.52. The summed E-state index contributed by atoms with van der Waals surface area (Å²) < 4.78 is 2.38. The van der Waals surface area contributed by atoms with E-state index in [2.05, 4.69) is 91.0 Å². The number of hydrogen-bond acceptors (Lipinski definition) is 1. The van der Waals surface area contributed by atoms with Crippen LogP contribution in [0.25, 0.3) is 27.5 Å². The fourth-order valence-corrected chi connectivity index (χ4v) is 4.24. The van der Waals surface area contributed by atoms with Crippen LogP contribution >= 0.6 is 12.6 Å². The molecular formula is C27H27NS. The van der Waals surface area contributed by atoms with Gasteiger partial charge in [-0.3, -0.25) is 0 Å². The van der Waals surface area contributed by atoms with Gasteiger partial charge < -0.3 is 4.57 Å². The Morgan fingerprint density at radius 1 is 0.724 bits per heavy atom. The van der Waals surface area contributed by atoms with Crippen LogP contribution in [0.2, 0.25) is 0 Å². The van der Waals surface area contributed by atoms with Crippen LogP contribution in [-0.4, -0.2) is 10.3 Å². The van der Waals surface area contributed by atoms with Crippen LogP contribution in [0.5, 0.6) is 0 Å². The molecule has 0 saturated carbocycles. The molecule has 146 valence electrons. The zero-order valence-electron chi connectivity index (χ0n) is 16.8. The molecule has 0 saturated heterocycles. The van der Waals surface area contributed by atoms with Crippen molar-refractivity contribution < 1.29 is 0 Å². The molecule has 1 heterocycles. The Bertz CT molecular complexity index is 1100. The van der Waals surface area contributed by atoms with Crippen molar-refractivity contribution in [1.29, 1.82) is 0 Å². The Labute approximate surface area is 178 Å². The molecule has 2 heteroatoms. The molecule has 1 nitrogen and oxygen atoms in total. The van der Waals surface area contributed by atoms with Gasteiger partial charge in [-0.25, -0.2) is 0 Å². The third-order valence-corrected chi connectivity index (χ3v) is 5.79. The summed E-state index contributed by atoms with van der Waals surface area (Å²) in [4.78, 5) is 0. The molecule has 0 aliphatic rings. The first kappa shape index (κ1) is 19.6. The van der Waals surface area contributed by atoms with Gasteiger partial charge in [-0.1, -0.05) is 36.4 Å². The number of rotatable bonds is 8. The van der Waals surface area contributed by atoms with Crippen LogP contribution in [0, 0.1) is 0 Å². The summed E-state index contributed by atoms with van der Waals surface area (Å²) in [5.74, 6) is 0.925. The van der Waals surface area contributed by atoms with Gasteiger partial charge in [-0.15, -0.1) is 13.2 Å². The summed E-state index contributed by atoms with van der Waals surface area (Å²) >= 11 is 4.33. The molecule has 29 heavy (non-hydrogen) atoms. The SMILES string of the molecule is C=CCc1ccc2c(c1)c1cc(CC=C)ccc1n2-c1ccc(CCCS)cc1. The molecule has 1 aromatic heterocycles. The van der Waals surface area contributed by atoms with Gasteiger partial charge in [-0.05, 0) is 84.5 Å². The molecule has 0 N–H and O–H groups in total. The predicted molar refractivity (Wildman–Crippen MR) is 131 cm³/mol. The van der Waals surface area contributed by atoms with E-state index in [1.165, 1.54) is 44.2 Å². The number of nitrogens with zero attached hydrogens (tertiary/aromatic N) is 1. The van der Waals surface area contributed by atoms with Crippen LogP contribution in [0.15, 0.2) is 86.0 Å². The summed E-state index contributed by atoms with van der Waals surface area (Å²) in [6, 6.07) is 22.5. The second kappa shape index (κ2) is 8.75. The summed E-state index contributed by atoms with van der Waals surface area (Å²) in [5.41, 5.74) is 7.64. The maximum absolute atomic E-state index is 4.33. The molecule has 0 amide bonds. The number of aromatic nitrogens is 1. The van der Waals surface area contributed by atoms with Crippen molar-refractivity contribution >= 4 is 34.4 Å². The number of benzene rings is 3. The quantitative estimate of drug-likeness (QED) is 0.239. The van der Waals surface area contributed by atoms with Crippen molar-refractivity contribution in [2.45, 2.75) is 25.7 Å². The number of hydrogen-bond donors (Lipinski definition) is 1. The Morgan fingerprint density at radius 2 is 1.24 bits per heavy atom. The first-order valence-electron chi connectivity index (χ1n) is 10.2. The van der Waals surface area contributed by atoms with E-state index in [0.29, 0.717) is 0 Å². The molecule has 0 spiro atoms. The second-order valence-corrected chi connectivity index (χ2v) is 7.96. The van der Waals surface area contributed by atoms with Gasteiger partial charge in [0.05, 0.1) is 11.0 Å². The van der Waals surface area contributed by atoms with E-state index in [4.69, 9.17) is 0 Å². The van der Waals surface area contributed by atoms with Crippen LogP contribution in [0.4, 0.5) is 0 Å². The molecule has 0 atom stereocenters. The summed E-state index contributed by atoms with van der Waals surface area (Å²) in [5, 5.41) is 2.59. The lowest BCUT2D eigenvalue weighted by Crippen LogP contribution is -1.95. The van der Waals surface area contributed by atoms with E-state index in [1.54, 1.807) is 0 Å². The first-order valence-corrected chi connectivity index (χ1v) is 10.9. The van der Waals surface area contributed by atoms with Crippen molar-refractivity contribution in [2.24, 2.45) is 0 Å². The van der Waals surface area contributed by atoms with Crippen molar-refractivity contribution in [2.75, 3.05) is 5.75 Å². The van der Waals surface area contributed by atoms with Crippen molar-refractivity contribution in [3.05, 3.63) is 103 Å². The van der Waals surface area contributed by atoms with Gasteiger partial charge in [0.2, 0.25) is 0 Å². The lowest BCUT2D eigenvalue weighted by molar-refractivity contribution is 0.935. The summed E-state index contributed by atoms with van der Waals surface area (Å²) in [6.07, 6.45) is 7.88. The molecule has 0 unspecified atom stereocenters. The van der Waals surface area contributed by atoms with E-state index >= 15 is 0 Å². The monoisotopic (exact) mass is 397 g/mol. The predicted octanol–water partition coefficient (Wildman–Crippen LogP) is 7.10. The maximum atomic E-state index is 4.33. The number of allylic oxidation sites excluding steroid dienone is 2. The minimum atomic E-state index is 0.884. The van der Waals surface area contributed by atoms with Gasteiger partial charge in [0.1, 0.15) is 0 Å². The smallest absolute Gasteiger partial charge is 0.0541 e. The van der Waals surface area contributed by atoms with Gasteiger partial charge in [0.15, 0.2) is 0 Å². The van der Waals surface area contributed by atoms with Crippen molar-refractivity contribution in [3.63, 3.8) is 0 Å².